The van der Waals surface area contributed by atoms with Gasteiger partial charge in [-0.2, -0.15) is 0 Å². The van der Waals surface area contributed by atoms with Crippen LogP contribution < -0.4 is 18.9 Å². The summed E-state index contributed by atoms with van der Waals surface area (Å²) in [6, 6.07) is 11.3. The zero-order valence-electron chi connectivity index (χ0n) is 21.0. The molecule has 2 atom stereocenters. The molecule has 180 valence electrons. The van der Waals surface area contributed by atoms with E-state index in [4.69, 9.17) is 23.7 Å². The fourth-order valence-electron chi connectivity index (χ4n) is 3.52. The van der Waals surface area contributed by atoms with E-state index in [1.807, 2.05) is 36.4 Å². The Bertz CT molecular complexity index is 701. The molecule has 0 radical (unpaired) electrons. The maximum Gasteiger partial charge on any atom is 0.128 e. The lowest BCUT2D eigenvalue weighted by molar-refractivity contribution is 0.0998. The summed E-state index contributed by atoms with van der Waals surface area (Å²) in [6.45, 7) is 9.90. The SMILES string of the molecule is CC(CP)CC(C)(C)C.COc1cccc(OC)c1COCc1c(OC)cccc1OC. The molecule has 0 aromatic heterocycles. The Kier molecular flexibility index (Phi) is 12.5. The van der Waals surface area contributed by atoms with Crippen LogP contribution in [-0.2, 0) is 18.0 Å². The zero-order chi connectivity index (χ0) is 24.1. The normalized spacial score (nSPS) is 11.8. The van der Waals surface area contributed by atoms with Crippen LogP contribution in [0.4, 0.5) is 0 Å². The minimum Gasteiger partial charge on any atom is -0.496 e. The molecule has 0 heterocycles. The molecule has 2 rings (SSSR count). The highest BCUT2D eigenvalue weighted by molar-refractivity contribution is 7.16. The summed E-state index contributed by atoms with van der Waals surface area (Å²) in [7, 11) is 9.30. The van der Waals surface area contributed by atoms with E-state index in [-0.39, 0.29) is 0 Å². The monoisotopic (exact) mass is 464 g/mol. The molecular formula is C26H41O5P. The summed E-state index contributed by atoms with van der Waals surface area (Å²) in [4.78, 5) is 0. The van der Waals surface area contributed by atoms with Crippen molar-refractivity contribution in [2.24, 2.45) is 11.3 Å². The van der Waals surface area contributed by atoms with Gasteiger partial charge >= 0.3 is 0 Å². The molecule has 2 aromatic carbocycles. The van der Waals surface area contributed by atoms with Crippen LogP contribution in [0.25, 0.3) is 0 Å². The molecule has 0 saturated heterocycles. The molecular weight excluding hydrogens is 423 g/mol. The minimum absolute atomic E-state index is 0.356. The first-order valence-corrected chi connectivity index (χ1v) is 11.7. The van der Waals surface area contributed by atoms with Gasteiger partial charge in [-0.05, 0) is 48.2 Å². The molecule has 2 aromatic rings. The van der Waals surface area contributed by atoms with Gasteiger partial charge in [0.2, 0.25) is 0 Å². The summed E-state index contributed by atoms with van der Waals surface area (Å²) in [5.74, 6) is 3.79. The number of hydrogen-bond donors (Lipinski definition) is 0. The van der Waals surface area contributed by atoms with Gasteiger partial charge in [0.25, 0.3) is 0 Å². The third kappa shape index (κ3) is 9.26. The Balaban J connectivity index is 0.000000482. The summed E-state index contributed by atoms with van der Waals surface area (Å²) < 4.78 is 27.3. The minimum atomic E-state index is 0.356. The van der Waals surface area contributed by atoms with Gasteiger partial charge < -0.3 is 23.7 Å². The fraction of sp³-hybridized carbons (Fsp3) is 0.538. The number of methoxy groups -OCH3 is 4. The largest absolute Gasteiger partial charge is 0.496 e. The summed E-state index contributed by atoms with van der Waals surface area (Å²) in [6.07, 6.45) is 2.56. The van der Waals surface area contributed by atoms with Crippen LogP contribution in [-0.4, -0.2) is 34.6 Å². The second kappa shape index (κ2) is 14.2. The van der Waals surface area contributed by atoms with Gasteiger partial charge in [-0.25, -0.2) is 0 Å². The quantitative estimate of drug-likeness (QED) is 0.382. The molecule has 0 saturated carbocycles. The second-order valence-electron chi connectivity index (χ2n) is 8.88. The number of hydrogen-bond acceptors (Lipinski definition) is 5. The molecule has 0 aliphatic heterocycles. The fourth-order valence-corrected chi connectivity index (χ4v) is 3.69. The van der Waals surface area contributed by atoms with Crippen molar-refractivity contribution in [2.45, 2.75) is 47.3 Å². The first kappa shape index (κ1) is 28.1. The Morgan fingerprint density at radius 2 is 1.06 bits per heavy atom. The molecule has 0 aliphatic rings. The standard InChI is InChI=1S/C18H22O5.C8H19P/c1-19-15-7-5-8-16(20-2)13(15)11-23-12-14-17(21-3)9-6-10-18(14)22-4;1-7(6-9)5-8(2,3)4/h5-10H,11-12H2,1-4H3;7H,5-6,9H2,1-4H3. The Morgan fingerprint density at radius 3 is 1.28 bits per heavy atom. The van der Waals surface area contributed by atoms with Crippen molar-refractivity contribution in [3.05, 3.63) is 47.5 Å². The number of benzene rings is 2. The third-order valence-electron chi connectivity index (χ3n) is 4.92. The highest BCUT2D eigenvalue weighted by Crippen LogP contribution is 2.32. The van der Waals surface area contributed by atoms with E-state index in [0.29, 0.717) is 18.6 Å². The van der Waals surface area contributed by atoms with E-state index in [9.17, 15) is 0 Å². The van der Waals surface area contributed by atoms with Crippen molar-refractivity contribution >= 4 is 9.24 Å². The van der Waals surface area contributed by atoms with Crippen molar-refractivity contribution < 1.29 is 23.7 Å². The van der Waals surface area contributed by atoms with Gasteiger partial charge in [0, 0.05) is 0 Å². The van der Waals surface area contributed by atoms with Crippen molar-refractivity contribution in [3.8, 4) is 23.0 Å². The van der Waals surface area contributed by atoms with Crippen LogP contribution in [0, 0.1) is 11.3 Å². The van der Waals surface area contributed by atoms with Crippen molar-refractivity contribution in [2.75, 3.05) is 34.6 Å². The first-order valence-electron chi connectivity index (χ1n) is 10.9. The van der Waals surface area contributed by atoms with Gasteiger partial charge in [0.05, 0.1) is 52.8 Å². The molecule has 32 heavy (non-hydrogen) atoms. The van der Waals surface area contributed by atoms with Crippen LogP contribution >= 0.6 is 9.24 Å². The third-order valence-corrected chi connectivity index (χ3v) is 5.72. The molecule has 0 spiro atoms. The van der Waals surface area contributed by atoms with Gasteiger partial charge in [0.1, 0.15) is 23.0 Å². The van der Waals surface area contributed by atoms with Crippen LogP contribution in [0.15, 0.2) is 36.4 Å². The van der Waals surface area contributed by atoms with Gasteiger partial charge in [-0.15, -0.1) is 9.24 Å². The van der Waals surface area contributed by atoms with E-state index in [1.54, 1.807) is 28.4 Å². The molecule has 5 nitrogen and oxygen atoms in total. The maximum absolute atomic E-state index is 5.86. The molecule has 0 bridgehead atoms. The maximum atomic E-state index is 5.86. The molecule has 2 unspecified atom stereocenters. The molecule has 0 N–H and O–H groups in total. The Labute approximate surface area is 197 Å². The lowest BCUT2D eigenvalue weighted by Crippen LogP contribution is -2.11. The van der Waals surface area contributed by atoms with Crippen LogP contribution in [0.3, 0.4) is 0 Å². The molecule has 0 fully saturated rings. The van der Waals surface area contributed by atoms with Crippen molar-refractivity contribution in [1.29, 1.82) is 0 Å². The lowest BCUT2D eigenvalue weighted by atomic mass is 9.86. The zero-order valence-corrected chi connectivity index (χ0v) is 22.1. The predicted molar refractivity (Wildman–Crippen MR) is 135 cm³/mol. The number of ether oxygens (including phenoxy) is 5. The topological polar surface area (TPSA) is 46.2 Å². The van der Waals surface area contributed by atoms with Crippen molar-refractivity contribution in [1.82, 2.24) is 0 Å². The van der Waals surface area contributed by atoms with E-state index in [0.717, 1.165) is 40.0 Å². The van der Waals surface area contributed by atoms with Crippen LogP contribution in [0.2, 0.25) is 0 Å². The summed E-state index contributed by atoms with van der Waals surface area (Å²) in [5.41, 5.74) is 2.24. The van der Waals surface area contributed by atoms with E-state index < -0.39 is 0 Å². The van der Waals surface area contributed by atoms with Gasteiger partial charge in [0.15, 0.2) is 0 Å². The summed E-state index contributed by atoms with van der Waals surface area (Å²) in [5, 5.41) is 0. The molecule has 6 heteroatoms. The lowest BCUT2D eigenvalue weighted by Gasteiger charge is -2.21. The first-order chi connectivity index (χ1) is 15.2. The Hall–Kier alpha value is -1.97. The predicted octanol–water partition coefficient (Wildman–Crippen LogP) is 6.37. The highest BCUT2D eigenvalue weighted by atomic mass is 31.0. The summed E-state index contributed by atoms with van der Waals surface area (Å²) >= 11 is 0. The highest BCUT2D eigenvalue weighted by Gasteiger charge is 2.14. The van der Waals surface area contributed by atoms with Gasteiger partial charge in [-0.3, -0.25) is 0 Å². The van der Waals surface area contributed by atoms with E-state index in [2.05, 4.69) is 36.9 Å². The average Bonchev–Trinajstić information content (AvgIpc) is 2.78. The van der Waals surface area contributed by atoms with E-state index >= 15 is 0 Å². The van der Waals surface area contributed by atoms with Crippen LogP contribution in [0.1, 0.15) is 45.2 Å². The second-order valence-corrected chi connectivity index (χ2v) is 9.35. The van der Waals surface area contributed by atoms with Crippen molar-refractivity contribution in [3.63, 3.8) is 0 Å². The smallest absolute Gasteiger partial charge is 0.128 e. The Morgan fingerprint density at radius 1 is 0.719 bits per heavy atom. The molecule has 0 aliphatic carbocycles. The number of rotatable bonds is 10. The average molecular weight is 465 g/mol. The van der Waals surface area contributed by atoms with Crippen LogP contribution in [0.5, 0.6) is 23.0 Å². The van der Waals surface area contributed by atoms with E-state index in [1.165, 1.54) is 12.6 Å². The van der Waals surface area contributed by atoms with Gasteiger partial charge in [-0.1, -0.05) is 39.8 Å². The molecule has 0 amide bonds.